The minimum Gasteiger partial charge on any atom is -0.492 e. The van der Waals surface area contributed by atoms with E-state index in [0.717, 1.165) is 12.2 Å². The van der Waals surface area contributed by atoms with Gasteiger partial charge in [0.25, 0.3) is 0 Å². The number of aliphatic hydroxyl groups excluding tert-OH is 1. The molecule has 0 heterocycles. The molecule has 1 unspecified atom stereocenters. The molecule has 4 N–H and O–H groups in total. The van der Waals surface area contributed by atoms with Crippen LogP contribution in [0.5, 0.6) is 11.5 Å². The number of rotatable bonds is 13. The van der Waals surface area contributed by atoms with Gasteiger partial charge in [0.1, 0.15) is 30.8 Å². The molecule has 0 aliphatic heterocycles. The van der Waals surface area contributed by atoms with E-state index in [-0.39, 0.29) is 6.61 Å². The molecular weight excluding hydrogens is 360 g/mol. The predicted molar refractivity (Wildman–Crippen MR) is 107 cm³/mol. The van der Waals surface area contributed by atoms with Crippen LogP contribution in [-0.2, 0) is 11.2 Å². The second kappa shape index (κ2) is 12.0. The fourth-order valence-electron chi connectivity index (χ4n) is 2.45. The number of benzene rings is 2. The summed E-state index contributed by atoms with van der Waals surface area (Å²) in [6, 6.07) is 14.4. The van der Waals surface area contributed by atoms with Crippen molar-refractivity contribution in [2.24, 2.45) is 5.73 Å². The van der Waals surface area contributed by atoms with Crippen LogP contribution < -0.4 is 20.5 Å². The third-order valence-electron chi connectivity index (χ3n) is 4.03. The van der Waals surface area contributed by atoms with Crippen LogP contribution in [0.1, 0.15) is 15.9 Å². The molecule has 7 nitrogen and oxygen atoms in total. The van der Waals surface area contributed by atoms with Gasteiger partial charge in [-0.2, -0.15) is 0 Å². The Morgan fingerprint density at radius 1 is 1.04 bits per heavy atom. The SMILES string of the molecule is COCCc1ccc(OCC(O)CNCCOc2ccc(C(N)=O)cc2)cc1. The number of carbonyl (C=O) groups excluding carboxylic acids is 1. The van der Waals surface area contributed by atoms with Crippen LogP contribution in [0, 0.1) is 0 Å². The van der Waals surface area contributed by atoms with Gasteiger partial charge in [-0.15, -0.1) is 0 Å². The summed E-state index contributed by atoms with van der Waals surface area (Å²) in [5.41, 5.74) is 6.81. The van der Waals surface area contributed by atoms with Gasteiger partial charge in [-0.1, -0.05) is 12.1 Å². The zero-order chi connectivity index (χ0) is 20.2. The van der Waals surface area contributed by atoms with Gasteiger partial charge in [0.15, 0.2) is 0 Å². The molecular formula is C21H28N2O5. The Bertz CT molecular complexity index is 704. The number of amides is 1. The van der Waals surface area contributed by atoms with Crippen molar-refractivity contribution in [3.8, 4) is 11.5 Å². The van der Waals surface area contributed by atoms with Gasteiger partial charge in [-0.3, -0.25) is 4.79 Å². The van der Waals surface area contributed by atoms with Gasteiger partial charge in [-0.05, 0) is 48.4 Å². The number of nitrogens with two attached hydrogens (primary N) is 1. The van der Waals surface area contributed by atoms with E-state index in [4.69, 9.17) is 19.9 Å². The summed E-state index contributed by atoms with van der Waals surface area (Å²) in [5, 5.41) is 13.1. The zero-order valence-electron chi connectivity index (χ0n) is 16.1. The van der Waals surface area contributed by atoms with Crippen LogP contribution in [0.2, 0.25) is 0 Å². The van der Waals surface area contributed by atoms with E-state index in [2.05, 4.69) is 5.32 Å². The molecule has 2 aromatic rings. The van der Waals surface area contributed by atoms with Crippen molar-refractivity contribution in [1.82, 2.24) is 5.32 Å². The molecule has 0 radical (unpaired) electrons. The van der Waals surface area contributed by atoms with Gasteiger partial charge < -0.3 is 30.4 Å². The first-order valence-corrected chi connectivity index (χ1v) is 9.20. The lowest BCUT2D eigenvalue weighted by Crippen LogP contribution is -2.33. The van der Waals surface area contributed by atoms with Crippen molar-refractivity contribution < 1.29 is 24.1 Å². The number of aliphatic hydroxyl groups is 1. The second-order valence-electron chi connectivity index (χ2n) is 6.29. The average molecular weight is 388 g/mol. The van der Waals surface area contributed by atoms with Crippen molar-refractivity contribution in [2.75, 3.05) is 40.0 Å². The molecule has 1 atom stereocenters. The summed E-state index contributed by atoms with van der Waals surface area (Å²) in [5.74, 6) is 0.916. The number of nitrogens with one attached hydrogen (secondary N) is 1. The molecule has 0 aliphatic carbocycles. The van der Waals surface area contributed by atoms with Crippen LogP contribution in [-0.4, -0.2) is 57.1 Å². The Morgan fingerprint density at radius 2 is 1.68 bits per heavy atom. The quantitative estimate of drug-likeness (QED) is 0.448. The Kier molecular flexibility index (Phi) is 9.27. The number of hydrogen-bond acceptors (Lipinski definition) is 6. The van der Waals surface area contributed by atoms with E-state index in [1.165, 1.54) is 5.56 Å². The minimum absolute atomic E-state index is 0.208. The molecule has 2 rings (SSSR count). The summed E-state index contributed by atoms with van der Waals surface area (Å²) in [6.07, 6.45) is 0.240. The fourth-order valence-corrected chi connectivity index (χ4v) is 2.45. The smallest absolute Gasteiger partial charge is 0.248 e. The van der Waals surface area contributed by atoms with E-state index in [9.17, 15) is 9.90 Å². The maximum Gasteiger partial charge on any atom is 0.248 e. The third-order valence-corrected chi connectivity index (χ3v) is 4.03. The number of methoxy groups -OCH3 is 1. The molecule has 0 saturated carbocycles. The summed E-state index contributed by atoms with van der Waals surface area (Å²) in [4.78, 5) is 11.0. The number of hydrogen-bond donors (Lipinski definition) is 3. The minimum atomic E-state index is -0.622. The van der Waals surface area contributed by atoms with Crippen LogP contribution in [0.3, 0.4) is 0 Å². The number of ether oxygens (including phenoxy) is 3. The maximum absolute atomic E-state index is 11.0. The molecule has 0 bridgehead atoms. The first-order chi connectivity index (χ1) is 13.6. The highest BCUT2D eigenvalue weighted by atomic mass is 16.5. The highest BCUT2D eigenvalue weighted by molar-refractivity contribution is 5.92. The molecule has 2 aromatic carbocycles. The molecule has 28 heavy (non-hydrogen) atoms. The zero-order valence-corrected chi connectivity index (χ0v) is 16.1. The monoisotopic (exact) mass is 388 g/mol. The molecule has 7 heteroatoms. The van der Waals surface area contributed by atoms with Gasteiger partial charge in [0, 0.05) is 25.8 Å². The Morgan fingerprint density at radius 3 is 2.32 bits per heavy atom. The highest BCUT2D eigenvalue weighted by Gasteiger charge is 2.05. The van der Waals surface area contributed by atoms with Crippen molar-refractivity contribution in [2.45, 2.75) is 12.5 Å². The van der Waals surface area contributed by atoms with E-state index in [1.807, 2.05) is 24.3 Å². The summed E-state index contributed by atoms with van der Waals surface area (Å²) < 4.78 is 16.2. The first-order valence-electron chi connectivity index (χ1n) is 9.20. The van der Waals surface area contributed by atoms with Crippen molar-refractivity contribution in [1.29, 1.82) is 0 Å². The molecule has 152 valence electrons. The number of primary amides is 1. The van der Waals surface area contributed by atoms with Gasteiger partial charge in [0.2, 0.25) is 5.91 Å². The van der Waals surface area contributed by atoms with Crippen LogP contribution >= 0.6 is 0 Å². The van der Waals surface area contributed by atoms with E-state index >= 15 is 0 Å². The van der Waals surface area contributed by atoms with Crippen molar-refractivity contribution >= 4 is 5.91 Å². The van der Waals surface area contributed by atoms with Gasteiger partial charge in [-0.25, -0.2) is 0 Å². The summed E-state index contributed by atoms with van der Waals surface area (Å²) in [7, 11) is 1.68. The number of carbonyl (C=O) groups is 1. The molecule has 0 aliphatic rings. The summed E-state index contributed by atoms with van der Waals surface area (Å²) >= 11 is 0. The van der Waals surface area contributed by atoms with Gasteiger partial charge >= 0.3 is 0 Å². The largest absolute Gasteiger partial charge is 0.492 e. The molecule has 0 spiro atoms. The summed E-state index contributed by atoms with van der Waals surface area (Å²) in [6.45, 7) is 2.30. The fraction of sp³-hybridized carbons (Fsp3) is 0.381. The maximum atomic E-state index is 11.0. The highest BCUT2D eigenvalue weighted by Crippen LogP contribution is 2.13. The van der Waals surface area contributed by atoms with Crippen LogP contribution in [0.15, 0.2) is 48.5 Å². The second-order valence-corrected chi connectivity index (χ2v) is 6.29. The normalized spacial score (nSPS) is 11.8. The molecule has 0 saturated heterocycles. The first kappa shape index (κ1) is 21.7. The Hall–Kier alpha value is -2.61. The van der Waals surface area contributed by atoms with Crippen LogP contribution in [0.4, 0.5) is 0 Å². The predicted octanol–water partition coefficient (Wildman–Crippen LogP) is 1.38. The van der Waals surface area contributed by atoms with Crippen molar-refractivity contribution in [3.63, 3.8) is 0 Å². The van der Waals surface area contributed by atoms with Crippen LogP contribution in [0.25, 0.3) is 0 Å². The lowest BCUT2D eigenvalue weighted by molar-refractivity contribution is 0.1000. The Labute approximate surface area is 165 Å². The van der Waals surface area contributed by atoms with E-state index in [0.29, 0.717) is 37.6 Å². The van der Waals surface area contributed by atoms with E-state index < -0.39 is 12.0 Å². The standard InChI is InChI=1S/C21H28N2O5/c1-26-12-10-16-2-6-20(7-3-16)28-15-18(24)14-23-11-13-27-19-8-4-17(5-9-19)21(22)25/h2-9,18,23-24H,10-15H2,1H3,(H2,22,25). The van der Waals surface area contributed by atoms with Crippen molar-refractivity contribution in [3.05, 3.63) is 59.7 Å². The molecule has 0 fully saturated rings. The Balaban J connectivity index is 1.57. The lowest BCUT2D eigenvalue weighted by Gasteiger charge is -2.14. The van der Waals surface area contributed by atoms with Gasteiger partial charge in [0.05, 0.1) is 6.61 Å². The average Bonchev–Trinajstić information content (AvgIpc) is 2.71. The van der Waals surface area contributed by atoms with E-state index in [1.54, 1.807) is 31.4 Å². The molecule has 1 amide bonds. The third kappa shape index (κ3) is 7.96. The molecule has 0 aromatic heterocycles. The lowest BCUT2D eigenvalue weighted by atomic mass is 10.1. The topological polar surface area (TPSA) is 103 Å².